The Balaban J connectivity index is 2.26. The third-order valence-corrected chi connectivity index (χ3v) is 2.54. The summed E-state index contributed by atoms with van der Waals surface area (Å²) in [5.74, 6) is 0. The molecule has 0 bridgehead atoms. The van der Waals surface area contributed by atoms with Gasteiger partial charge in [-0.05, 0) is 38.1 Å². The normalized spacial score (nSPS) is 12.8. The summed E-state index contributed by atoms with van der Waals surface area (Å²) in [6.07, 6.45) is -0.326. The summed E-state index contributed by atoms with van der Waals surface area (Å²) >= 11 is 3.37. The Morgan fingerprint density at radius 3 is 2.50 bits per heavy atom. The molecule has 3 nitrogen and oxygen atoms in total. The highest BCUT2D eigenvalue weighted by atomic mass is 79.9. The molecule has 1 atom stereocenters. The first-order chi connectivity index (χ1) is 7.58. The van der Waals surface area contributed by atoms with Crippen LogP contribution in [0, 0.1) is 0 Å². The van der Waals surface area contributed by atoms with Crippen molar-refractivity contribution in [2.45, 2.75) is 26.1 Å². The lowest BCUT2D eigenvalue weighted by Crippen LogP contribution is -2.26. The molecule has 0 radical (unpaired) electrons. The molecule has 0 aliphatic carbocycles. The number of ether oxygens (including phenoxy) is 1. The van der Waals surface area contributed by atoms with Gasteiger partial charge in [-0.15, -0.1) is 0 Å². The quantitative estimate of drug-likeness (QED) is 0.845. The fourth-order valence-corrected chi connectivity index (χ4v) is 1.43. The number of benzene rings is 1. The predicted octanol–water partition coefficient (Wildman–Crippen LogP) is 2.65. The zero-order valence-electron chi connectivity index (χ0n) is 9.61. The van der Waals surface area contributed by atoms with Crippen LogP contribution in [0.3, 0.4) is 0 Å². The Kier molecular flexibility index (Phi) is 5.80. The van der Waals surface area contributed by atoms with E-state index in [0.29, 0.717) is 13.2 Å². The maximum absolute atomic E-state index is 9.62. The van der Waals surface area contributed by atoms with Gasteiger partial charge >= 0.3 is 0 Å². The van der Waals surface area contributed by atoms with Crippen molar-refractivity contribution >= 4 is 21.6 Å². The third-order valence-electron chi connectivity index (χ3n) is 2.01. The molecule has 0 amide bonds. The van der Waals surface area contributed by atoms with Crippen LogP contribution in [0.1, 0.15) is 13.8 Å². The molecule has 0 saturated carbocycles. The van der Waals surface area contributed by atoms with Gasteiger partial charge in [0.05, 0.1) is 18.8 Å². The zero-order chi connectivity index (χ0) is 12.0. The number of hydrogen-bond donors (Lipinski definition) is 2. The van der Waals surface area contributed by atoms with Crippen LogP contribution in [0.15, 0.2) is 28.7 Å². The van der Waals surface area contributed by atoms with E-state index in [1.54, 1.807) is 0 Å². The molecule has 1 aromatic carbocycles. The molecule has 90 valence electrons. The van der Waals surface area contributed by atoms with Gasteiger partial charge in [-0.25, -0.2) is 0 Å². The molecule has 0 aromatic heterocycles. The van der Waals surface area contributed by atoms with E-state index in [1.807, 2.05) is 38.1 Å². The fraction of sp³-hybridized carbons (Fsp3) is 0.500. The van der Waals surface area contributed by atoms with E-state index in [9.17, 15) is 5.11 Å². The van der Waals surface area contributed by atoms with Crippen molar-refractivity contribution in [2.24, 2.45) is 0 Å². The molecule has 4 heteroatoms. The predicted molar refractivity (Wildman–Crippen MR) is 69.7 cm³/mol. The largest absolute Gasteiger partial charge is 0.389 e. The molecule has 1 unspecified atom stereocenters. The number of halogens is 1. The van der Waals surface area contributed by atoms with Crippen LogP contribution in [-0.2, 0) is 4.74 Å². The van der Waals surface area contributed by atoms with Gasteiger partial charge in [0, 0.05) is 16.7 Å². The van der Waals surface area contributed by atoms with E-state index >= 15 is 0 Å². The van der Waals surface area contributed by atoms with Gasteiger partial charge in [0.2, 0.25) is 0 Å². The summed E-state index contributed by atoms with van der Waals surface area (Å²) in [4.78, 5) is 0. The molecule has 1 aromatic rings. The first kappa shape index (κ1) is 13.5. The van der Waals surface area contributed by atoms with Gasteiger partial charge in [-0.3, -0.25) is 0 Å². The highest BCUT2D eigenvalue weighted by Crippen LogP contribution is 2.13. The van der Waals surface area contributed by atoms with Crippen molar-refractivity contribution in [2.75, 3.05) is 18.5 Å². The van der Waals surface area contributed by atoms with Gasteiger partial charge in [-0.1, -0.05) is 15.9 Å². The Bertz CT molecular complexity index is 300. The summed E-state index contributed by atoms with van der Waals surface area (Å²) in [5.41, 5.74) is 0.992. The number of rotatable bonds is 6. The fourth-order valence-electron chi connectivity index (χ4n) is 1.17. The van der Waals surface area contributed by atoms with Crippen molar-refractivity contribution in [1.82, 2.24) is 0 Å². The Morgan fingerprint density at radius 2 is 1.94 bits per heavy atom. The molecular weight excluding hydrogens is 270 g/mol. The van der Waals surface area contributed by atoms with Gasteiger partial charge in [-0.2, -0.15) is 0 Å². The molecule has 0 saturated heterocycles. The average Bonchev–Trinajstić information content (AvgIpc) is 2.25. The van der Waals surface area contributed by atoms with Crippen molar-refractivity contribution in [1.29, 1.82) is 0 Å². The summed E-state index contributed by atoms with van der Waals surface area (Å²) in [5, 5.41) is 12.8. The smallest absolute Gasteiger partial charge is 0.0945 e. The number of aliphatic hydroxyl groups excluding tert-OH is 1. The molecular formula is C12H18BrNO2. The first-order valence-corrected chi connectivity index (χ1v) is 6.16. The van der Waals surface area contributed by atoms with Crippen LogP contribution in [0.25, 0.3) is 0 Å². The Labute approximate surface area is 105 Å². The van der Waals surface area contributed by atoms with Crippen molar-refractivity contribution in [3.8, 4) is 0 Å². The second kappa shape index (κ2) is 6.89. The van der Waals surface area contributed by atoms with Crippen LogP contribution >= 0.6 is 15.9 Å². The van der Waals surface area contributed by atoms with E-state index < -0.39 is 6.10 Å². The number of nitrogens with one attached hydrogen (secondary N) is 1. The highest BCUT2D eigenvalue weighted by Gasteiger charge is 2.05. The molecule has 0 aliphatic heterocycles. The van der Waals surface area contributed by atoms with E-state index in [4.69, 9.17) is 4.74 Å². The van der Waals surface area contributed by atoms with Crippen molar-refractivity contribution in [3.05, 3.63) is 28.7 Å². The van der Waals surface area contributed by atoms with Gasteiger partial charge < -0.3 is 15.2 Å². The second-order valence-electron chi connectivity index (χ2n) is 3.92. The highest BCUT2D eigenvalue weighted by molar-refractivity contribution is 9.10. The van der Waals surface area contributed by atoms with E-state index in [-0.39, 0.29) is 6.10 Å². The van der Waals surface area contributed by atoms with Crippen molar-refractivity contribution < 1.29 is 9.84 Å². The minimum Gasteiger partial charge on any atom is -0.389 e. The lowest BCUT2D eigenvalue weighted by Gasteiger charge is -2.14. The van der Waals surface area contributed by atoms with E-state index in [0.717, 1.165) is 10.2 Å². The standard InChI is InChI=1S/C12H18BrNO2/c1-9(2)16-8-12(15)7-14-11-5-3-10(13)4-6-11/h3-6,9,12,14-15H,7-8H2,1-2H3. The number of aliphatic hydroxyl groups is 1. The average molecular weight is 288 g/mol. The summed E-state index contributed by atoms with van der Waals surface area (Å²) < 4.78 is 6.36. The monoisotopic (exact) mass is 287 g/mol. The summed E-state index contributed by atoms with van der Waals surface area (Å²) in [6.45, 7) is 4.76. The second-order valence-corrected chi connectivity index (χ2v) is 4.84. The minimum atomic E-state index is -0.481. The molecule has 0 heterocycles. The van der Waals surface area contributed by atoms with E-state index in [2.05, 4.69) is 21.2 Å². The summed E-state index contributed by atoms with van der Waals surface area (Å²) in [7, 11) is 0. The van der Waals surface area contributed by atoms with Gasteiger partial charge in [0.1, 0.15) is 0 Å². The molecule has 0 fully saturated rings. The number of anilines is 1. The first-order valence-electron chi connectivity index (χ1n) is 5.37. The maximum Gasteiger partial charge on any atom is 0.0945 e. The Hall–Kier alpha value is -0.580. The molecule has 0 spiro atoms. The topological polar surface area (TPSA) is 41.5 Å². The minimum absolute atomic E-state index is 0.155. The van der Waals surface area contributed by atoms with Gasteiger partial charge in [0.15, 0.2) is 0 Å². The van der Waals surface area contributed by atoms with Crippen LogP contribution in [-0.4, -0.2) is 30.5 Å². The molecule has 2 N–H and O–H groups in total. The molecule has 1 rings (SSSR count). The lowest BCUT2D eigenvalue weighted by molar-refractivity contribution is 0.0112. The van der Waals surface area contributed by atoms with Gasteiger partial charge in [0.25, 0.3) is 0 Å². The maximum atomic E-state index is 9.62. The van der Waals surface area contributed by atoms with Crippen LogP contribution in [0.2, 0.25) is 0 Å². The number of hydrogen-bond acceptors (Lipinski definition) is 3. The lowest BCUT2D eigenvalue weighted by atomic mass is 10.3. The van der Waals surface area contributed by atoms with E-state index in [1.165, 1.54) is 0 Å². The van der Waals surface area contributed by atoms with Crippen molar-refractivity contribution in [3.63, 3.8) is 0 Å². The molecule has 16 heavy (non-hydrogen) atoms. The third kappa shape index (κ3) is 5.49. The van der Waals surface area contributed by atoms with Crippen LogP contribution < -0.4 is 5.32 Å². The SMILES string of the molecule is CC(C)OCC(O)CNc1ccc(Br)cc1. The zero-order valence-corrected chi connectivity index (χ0v) is 11.2. The van der Waals surface area contributed by atoms with Crippen LogP contribution in [0.4, 0.5) is 5.69 Å². The summed E-state index contributed by atoms with van der Waals surface area (Å²) in [6, 6.07) is 7.83. The van der Waals surface area contributed by atoms with Crippen LogP contribution in [0.5, 0.6) is 0 Å². The Morgan fingerprint density at radius 1 is 1.31 bits per heavy atom. The molecule has 0 aliphatic rings.